The summed E-state index contributed by atoms with van der Waals surface area (Å²) in [5.41, 5.74) is 3.73. The summed E-state index contributed by atoms with van der Waals surface area (Å²) in [4.78, 5) is 81.9. The molecule has 0 saturated carbocycles. The smallest absolute Gasteiger partial charge is 0.350 e. The monoisotopic (exact) mass is 650 g/mol. The van der Waals surface area contributed by atoms with Crippen LogP contribution in [-0.4, -0.2) is 89.1 Å². The Bertz CT molecular complexity index is 1600. The molecule has 4 amide bonds. The summed E-state index contributed by atoms with van der Waals surface area (Å²) < 4.78 is 7.04. The summed E-state index contributed by atoms with van der Waals surface area (Å²) >= 11 is 1.92. The Kier molecular flexibility index (Phi) is 9.18. The first-order chi connectivity index (χ1) is 20.8. The molecule has 6 N–H and O–H groups in total. The van der Waals surface area contributed by atoms with Gasteiger partial charge in [0.15, 0.2) is 17.5 Å². The lowest BCUT2D eigenvalue weighted by Gasteiger charge is -2.50. The Balaban J connectivity index is 1.57. The van der Waals surface area contributed by atoms with Gasteiger partial charge in [-0.25, -0.2) is 4.79 Å². The molecule has 0 radical (unpaired) electrons. The number of thioether (sulfide) groups is 1. The highest BCUT2D eigenvalue weighted by Gasteiger charge is 2.53. The van der Waals surface area contributed by atoms with Crippen LogP contribution in [0.1, 0.15) is 25.2 Å². The van der Waals surface area contributed by atoms with Gasteiger partial charge in [-0.15, -0.1) is 21.1 Å². The first-order valence-electron chi connectivity index (χ1n) is 12.5. The first kappa shape index (κ1) is 31.9. The number of nitrogen functional groups attached to an aromatic ring is 1. The molecule has 19 nitrogen and oxygen atoms in total. The Morgan fingerprint density at radius 1 is 1.34 bits per heavy atom. The van der Waals surface area contributed by atoms with E-state index in [4.69, 9.17) is 10.6 Å². The standard InChI is InChI=1S/C23H26N10O9S2/c1-23(2,21(40)41)42-29-12(15-28-22(24)44-30-15)17(36)27-13-18(37)33-14(20(38)39)11(7-43-19(13)33)6-32-5-10(4-25-8-34)16(26-9-35)31(32)3/h5,8-9,13,19H,4,6-7H2,1-3H3,(H6,24,25,27,28,30,34,36,38,39,40,41)/b29-12-/t13-,19-/m1/s1. The maximum atomic E-state index is 13.2. The van der Waals surface area contributed by atoms with Crippen molar-refractivity contribution in [3.05, 3.63) is 28.9 Å². The number of aromatic nitrogens is 4. The number of fused-ring (bicyclic) bond motifs is 1. The topological polar surface area (TPSA) is 267 Å². The summed E-state index contributed by atoms with van der Waals surface area (Å²) in [6.45, 7) is 2.47. The Morgan fingerprint density at radius 3 is 2.66 bits per heavy atom. The van der Waals surface area contributed by atoms with Crippen molar-refractivity contribution < 1.29 is 48.5 Å². The molecule has 234 valence electrons. The zero-order valence-electron chi connectivity index (χ0n) is 23.3. The van der Waals surface area contributed by atoms with E-state index in [0.29, 0.717) is 29.8 Å². The zero-order chi connectivity index (χ0) is 32.3. The van der Waals surface area contributed by atoms with E-state index in [0.717, 1.165) is 16.4 Å². The molecular formula is C23H26N10O9S2. The third kappa shape index (κ3) is 6.17. The van der Waals surface area contributed by atoms with E-state index >= 15 is 0 Å². The van der Waals surface area contributed by atoms with E-state index < -0.39 is 46.5 Å². The Labute approximate surface area is 256 Å². The van der Waals surface area contributed by atoms with E-state index in [1.165, 1.54) is 25.6 Å². The van der Waals surface area contributed by atoms with Gasteiger partial charge in [0, 0.05) is 22.9 Å². The van der Waals surface area contributed by atoms with E-state index in [1.54, 1.807) is 22.6 Å². The van der Waals surface area contributed by atoms with Crippen LogP contribution in [0.5, 0.6) is 0 Å². The highest BCUT2D eigenvalue weighted by atomic mass is 32.2. The molecule has 0 unspecified atom stereocenters. The number of carbonyl (C=O) groups excluding carboxylic acids is 5. The molecule has 0 spiro atoms. The second-order valence-electron chi connectivity index (χ2n) is 9.79. The van der Waals surface area contributed by atoms with Gasteiger partial charge in [-0.3, -0.25) is 24.1 Å². The number of oxime groups is 1. The van der Waals surface area contributed by atoms with Gasteiger partial charge in [-0.05, 0) is 13.8 Å². The Hall–Kier alpha value is -5.05. The minimum Gasteiger partial charge on any atom is -0.543 e. The van der Waals surface area contributed by atoms with E-state index in [2.05, 4.69) is 30.5 Å². The molecule has 4 rings (SSSR count). The van der Waals surface area contributed by atoms with Crippen molar-refractivity contribution in [2.24, 2.45) is 12.2 Å². The minimum absolute atomic E-state index is 0.0136. The van der Waals surface area contributed by atoms with Crippen LogP contribution in [0.4, 0.5) is 10.9 Å². The van der Waals surface area contributed by atoms with Crippen LogP contribution in [-0.2, 0) is 53.7 Å². The van der Waals surface area contributed by atoms with Crippen molar-refractivity contribution in [2.75, 3.05) is 16.8 Å². The predicted octanol–water partition coefficient (Wildman–Crippen LogP) is -3.75. The molecule has 0 aliphatic carbocycles. The van der Waals surface area contributed by atoms with Crippen LogP contribution in [0.25, 0.3) is 0 Å². The van der Waals surface area contributed by atoms with Crippen molar-refractivity contribution in [3.8, 4) is 0 Å². The van der Waals surface area contributed by atoms with E-state index in [-0.39, 0.29) is 35.5 Å². The van der Waals surface area contributed by atoms with Gasteiger partial charge in [-0.2, -0.15) is 9.36 Å². The molecule has 44 heavy (non-hydrogen) atoms. The molecule has 2 atom stereocenters. The maximum absolute atomic E-state index is 13.2. The van der Waals surface area contributed by atoms with E-state index in [9.17, 15) is 39.0 Å². The molecule has 2 aliphatic heterocycles. The van der Waals surface area contributed by atoms with Gasteiger partial charge in [0.2, 0.25) is 36.2 Å². The van der Waals surface area contributed by atoms with E-state index in [1.807, 2.05) is 0 Å². The molecular weight excluding hydrogens is 624 g/mol. The fraction of sp³-hybridized carbons (Fsp3) is 0.391. The SMILES string of the molecule is Cn1c(NC=O)c(CNC=O)c[n+]1CC1=C(C(=O)[O-])N2C(=O)[C@@H](NC(=O)/C(=N\OC(C)(C)C(=O)O)c3nsc(N)n3)[C@H]2SC1. The summed E-state index contributed by atoms with van der Waals surface area (Å²) in [5.74, 6) is -4.50. The van der Waals surface area contributed by atoms with Crippen molar-refractivity contribution >= 4 is 76.5 Å². The normalized spacial score (nSPS) is 18.2. The maximum Gasteiger partial charge on any atom is 0.350 e. The number of aliphatic carboxylic acids is 2. The molecule has 1 saturated heterocycles. The number of nitrogens with two attached hydrogens (primary N) is 1. The quantitative estimate of drug-likeness (QED) is 0.0433. The lowest BCUT2D eigenvalue weighted by molar-refractivity contribution is -0.765. The highest BCUT2D eigenvalue weighted by Crippen LogP contribution is 2.40. The average molecular weight is 651 g/mol. The minimum atomic E-state index is -1.83. The molecule has 2 aliphatic rings. The van der Waals surface area contributed by atoms with Crippen molar-refractivity contribution in [1.29, 1.82) is 0 Å². The Morgan fingerprint density at radius 2 is 2.07 bits per heavy atom. The van der Waals surface area contributed by atoms with Gasteiger partial charge in [0.1, 0.15) is 11.4 Å². The summed E-state index contributed by atoms with van der Waals surface area (Å²) in [5, 5.41) is 31.9. The number of carboxylic acid groups (broad SMARTS) is 2. The number of β-lactam (4-membered cyclic amide) rings is 1. The number of hydrogen-bond acceptors (Lipinski definition) is 14. The fourth-order valence-electron chi connectivity index (χ4n) is 4.25. The third-order valence-electron chi connectivity index (χ3n) is 6.52. The predicted molar refractivity (Wildman–Crippen MR) is 149 cm³/mol. The number of nitrogens with one attached hydrogen (secondary N) is 3. The zero-order valence-corrected chi connectivity index (χ0v) is 24.9. The van der Waals surface area contributed by atoms with Crippen LogP contribution in [0.3, 0.4) is 0 Å². The fourth-order valence-corrected chi connectivity index (χ4v) is 6.02. The number of rotatable bonds is 14. The van der Waals surface area contributed by atoms with Crippen molar-refractivity contribution in [1.82, 2.24) is 29.6 Å². The number of carbonyl (C=O) groups is 6. The molecule has 0 aromatic carbocycles. The summed E-state index contributed by atoms with van der Waals surface area (Å²) in [7, 11) is 1.61. The number of nitrogens with zero attached hydrogens (tertiary/aromatic N) is 6. The second kappa shape index (κ2) is 12.7. The summed E-state index contributed by atoms with van der Waals surface area (Å²) in [6.07, 6.45) is 2.55. The van der Waals surface area contributed by atoms with Crippen LogP contribution in [0.15, 0.2) is 22.6 Å². The number of hydrogen-bond donors (Lipinski definition) is 5. The van der Waals surface area contributed by atoms with Crippen LogP contribution < -0.4 is 31.5 Å². The lowest BCUT2D eigenvalue weighted by Crippen LogP contribution is -2.71. The number of anilines is 2. The van der Waals surface area contributed by atoms with Gasteiger partial charge in [0.05, 0.1) is 30.8 Å². The number of amides is 4. The molecule has 2 aromatic rings. The molecule has 21 heteroatoms. The average Bonchev–Trinajstić information content (AvgIpc) is 3.52. The lowest BCUT2D eigenvalue weighted by atomic mass is 10.0. The molecule has 4 heterocycles. The van der Waals surface area contributed by atoms with Gasteiger partial charge < -0.3 is 41.5 Å². The molecule has 1 fully saturated rings. The van der Waals surface area contributed by atoms with Gasteiger partial charge in [-0.1, -0.05) is 5.16 Å². The van der Waals surface area contributed by atoms with Crippen LogP contribution in [0, 0.1) is 0 Å². The second-order valence-corrected chi connectivity index (χ2v) is 11.7. The molecule has 0 bridgehead atoms. The highest BCUT2D eigenvalue weighted by molar-refractivity contribution is 8.00. The third-order valence-corrected chi connectivity index (χ3v) is 8.40. The number of carboxylic acids is 2. The summed E-state index contributed by atoms with van der Waals surface area (Å²) in [6, 6.07) is -1.19. The van der Waals surface area contributed by atoms with Crippen molar-refractivity contribution in [2.45, 2.75) is 44.0 Å². The van der Waals surface area contributed by atoms with Gasteiger partial charge >= 0.3 is 5.97 Å². The molecule has 2 aromatic heterocycles. The first-order valence-corrected chi connectivity index (χ1v) is 14.4. The van der Waals surface area contributed by atoms with Crippen LogP contribution in [0.2, 0.25) is 0 Å². The van der Waals surface area contributed by atoms with Gasteiger partial charge in [0.25, 0.3) is 11.8 Å². The largest absolute Gasteiger partial charge is 0.543 e. The van der Waals surface area contributed by atoms with Crippen LogP contribution >= 0.6 is 23.3 Å². The van der Waals surface area contributed by atoms with Crippen molar-refractivity contribution in [3.63, 3.8) is 0 Å².